The van der Waals surface area contributed by atoms with Gasteiger partial charge in [0.25, 0.3) is 0 Å². The minimum Gasteiger partial charge on any atom is -0.490 e. The molecule has 2 aliphatic carbocycles. The van der Waals surface area contributed by atoms with Crippen molar-refractivity contribution in [1.29, 1.82) is 5.41 Å². The quantitative estimate of drug-likeness (QED) is 0.653. The van der Waals surface area contributed by atoms with E-state index in [1.165, 1.54) is 12.8 Å². The predicted octanol–water partition coefficient (Wildman–Crippen LogP) is 3.56. The lowest BCUT2D eigenvalue weighted by molar-refractivity contribution is 0.0302. The van der Waals surface area contributed by atoms with Gasteiger partial charge in [-0.3, -0.25) is 5.41 Å². The van der Waals surface area contributed by atoms with Crippen molar-refractivity contribution >= 4 is 5.84 Å². The zero-order valence-electron chi connectivity index (χ0n) is 12.6. The zero-order chi connectivity index (χ0) is 14.5. The fourth-order valence-electron chi connectivity index (χ4n) is 4.19. The second kappa shape index (κ2) is 4.24. The summed E-state index contributed by atoms with van der Waals surface area (Å²) in [5, 5.41) is 7.42. The van der Waals surface area contributed by atoms with Crippen LogP contribution >= 0.6 is 0 Å². The van der Waals surface area contributed by atoms with E-state index in [0.29, 0.717) is 11.5 Å². The molecule has 2 saturated carbocycles. The zero-order valence-corrected chi connectivity index (χ0v) is 12.6. The Morgan fingerprint density at radius 3 is 2.35 bits per heavy atom. The fraction of sp³-hybridized carbons (Fsp3) is 0.588. The Kier molecular flexibility index (Phi) is 2.86. The maximum Gasteiger partial charge on any atom is 0.122 e. The lowest BCUT2D eigenvalue weighted by Gasteiger charge is -2.38. The number of hydrogen-bond donors (Lipinski definition) is 2. The Labute approximate surface area is 121 Å². The number of benzene rings is 1. The standard InChI is InChI=1S/C17H24N2O/c1-16(2)12-8-9-17(16,3)14(10-12)20-13-6-4-11(5-7-13)15(18)19/h4-7,12,14H,8-10H2,1-3H3,(H3,18,19). The Hall–Kier alpha value is -1.51. The highest BCUT2D eigenvalue weighted by Gasteiger charge is 2.62. The topological polar surface area (TPSA) is 59.1 Å². The van der Waals surface area contributed by atoms with E-state index in [0.717, 1.165) is 23.7 Å². The lowest BCUT2D eigenvalue weighted by atomic mass is 9.70. The van der Waals surface area contributed by atoms with Crippen LogP contribution in [0.4, 0.5) is 0 Å². The molecule has 3 atom stereocenters. The molecule has 0 heterocycles. The van der Waals surface area contributed by atoms with E-state index in [1.807, 2.05) is 24.3 Å². The summed E-state index contributed by atoms with van der Waals surface area (Å²) in [5.41, 5.74) is 6.87. The van der Waals surface area contributed by atoms with Crippen LogP contribution in [0.25, 0.3) is 0 Å². The molecular formula is C17H24N2O. The third-order valence-corrected chi connectivity index (χ3v) is 6.16. The van der Waals surface area contributed by atoms with Crippen LogP contribution in [0, 0.1) is 22.2 Å². The minimum atomic E-state index is 0.101. The smallest absolute Gasteiger partial charge is 0.122 e. The Balaban J connectivity index is 1.78. The van der Waals surface area contributed by atoms with Gasteiger partial charge in [0, 0.05) is 11.0 Å². The van der Waals surface area contributed by atoms with Gasteiger partial charge in [-0.2, -0.15) is 0 Å². The maximum atomic E-state index is 7.42. The highest BCUT2D eigenvalue weighted by molar-refractivity contribution is 5.94. The van der Waals surface area contributed by atoms with Crippen molar-refractivity contribution in [2.45, 2.75) is 46.1 Å². The molecule has 0 spiro atoms. The number of hydrogen-bond acceptors (Lipinski definition) is 2. The Morgan fingerprint density at radius 2 is 1.90 bits per heavy atom. The monoisotopic (exact) mass is 272 g/mol. The van der Waals surface area contributed by atoms with Crippen molar-refractivity contribution in [2.75, 3.05) is 0 Å². The van der Waals surface area contributed by atoms with E-state index in [1.54, 1.807) is 0 Å². The van der Waals surface area contributed by atoms with E-state index >= 15 is 0 Å². The second-order valence-electron chi connectivity index (χ2n) is 7.16. The summed E-state index contributed by atoms with van der Waals surface area (Å²) in [6.45, 7) is 7.17. The fourth-order valence-corrected chi connectivity index (χ4v) is 4.19. The summed E-state index contributed by atoms with van der Waals surface area (Å²) in [6.07, 6.45) is 4.07. The van der Waals surface area contributed by atoms with Gasteiger partial charge in [-0.05, 0) is 54.9 Å². The first kappa shape index (κ1) is 13.5. The van der Waals surface area contributed by atoms with Crippen LogP contribution in [-0.4, -0.2) is 11.9 Å². The van der Waals surface area contributed by atoms with Gasteiger partial charge in [0.05, 0.1) is 0 Å². The normalized spacial score (nSPS) is 34.1. The van der Waals surface area contributed by atoms with Gasteiger partial charge >= 0.3 is 0 Å². The number of rotatable bonds is 3. The van der Waals surface area contributed by atoms with Crippen LogP contribution < -0.4 is 10.5 Å². The molecule has 3 N–H and O–H groups in total. The van der Waals surface area contributed by atoms with E-state index in [9.17, 15) is 0 Å². The van der Waals surface area contributed by atoms with Crippen LogP contribution in [0.2, 0.25) is 0 Å². The van der Waals surface area contributed by atoms with Gasteiger partial charge in [-0.25, -0.2) is 0 Å². The van der Waals surface area contributed by atoms with Crippen LogP contribution in [0.15, 0.2) is 24.3 Å². The van der Waals surface area contributed by atoms with Crippen LogP contribution in [0.3, 0.4) is 0 Å². The van der Waals surface area contributed by atoms with Crippen molar-refractivity contribution < 1.29 is 4.74 Å². The Bertz CT molecular complexity index is 534. The third kappa shape index (κ3) is 1.75. The molecule has 3 unspecified atom stereocenters. The molecular weight excluding hydrogens is 248 g/mol. The number of amidine groups is 1. The predicted molar refractivity (Wildman–Crippen MR) is 81.1 cm³/mol. The molecule has 3 heteroatoms. The molecule has 20 heavy (non-hydrogen) atoms. The van der Waals surface area contributed by atoms with Crippen LogP contribution in [0.1, 0.15) is 45.6 Å². The van der Waals surface area contributed by atoms with E-state index in [-0.39, 0.29) is 11.3 Å². The first-order chi connectivity index (χ1) is 9.34. The van der Waals surface area contributed by atoms with E-state index < -0.39 is 0 Å². The molecule has 0 saturated heterocycles. The van der Waals surface area contributed by atoms with Crippen molar-refractivity contribution in [3.05, 3.63) is 29.8 Å². The van der Waals surface area contributed by atoms with Crippen molar-refractivity contribution in [3.63, 3.8) is 0 Å². The molecule has 0 aliphatic heterocycles. The lowest BCUT2D eigenvalue weighted by Crippen LogP contribution is -2.38. The first-order valence-electron chi connectivity index (χ1n) is 7.46. The molecule has 2 fully saturated rings. The van der Waals surface area contributed by atoms with Gasteiger partial charge in [0.2, 0.25) is 0 Å². The summed E-state index contributed by atoms with van der Waals surface area (Å²) >= 11 is 0. The summed E-state index contributed by atoms with van der Waals surface area (Å²) in [6, 6.07) is 7.58. The van der Waals surface area contributed by atoms with Crippen molar-refractivity contribution in [3.8, 4) is 5.75 Å². The van der Waals surface area contributed by atoms with Gasteiger partial charge in [-0.15, -0.1) is 0 Å². The summed E-state index contributed by atoms with van der Waals surface area (Å²) in [4.78, 5) is 0. The Morgan fingerprint density at radius 1 is 1.25 bits per heavy atom. The van der Waals surface area contributed by atoms with Crippen LogP contribution in [0.5, 0.6) is 5.75 Å². The summed E-state index contributed by atoms with van der Waals surface area (Å²) in [5.74, 6) is 1.78. The van der Waals surface area contributed by atoms with Crippen molar-refractivity contribution in [1.82, 2.24) is 0 Å². The third-order valence-electron chi connectivity index (χ3n) is 6.16. The highest BCUT2D eigenvalue weighted by atomic mass is 16.5. The van der Waals surface area contributed by atoms with Gasteiger partial charge in [-0.1, -0.05) is 20.8 Å². The molecule has 2 aliphatic rings. The van der Waals surface area contributed by atoms with Crippen molar-refractivity contribution in [2.24, 2.45) is 22.5 Å². The molecule has 0 radical (unpaired) electrons. The number of fused-ring (bicyclic) bond motifs is 2. The van der Waals surface area contributed by atoms with Crippen LogP contribution in [-0.2, 0) is 0 Å². The van der Waals surface area contributed by atoms with Gasteiger partial charge in [0.1, 0.15) is 17.7 Å². The number of nitrogen functional groups attached to an aromatic ring is 1. The highest BCUT2D eigenvalue weighted by Crippen LogP contribution is 2.66. The number of ether oxygens (including phenoxy) is 1. The average molecular weight is 272 g/mol. The van der Waals surface area contributed by atoms with Gasteiger partial charge < -0.3 is 10.5 Å². The molecule has 3 nitrogen and oxygen atoms in total. The molecule has 1 aromatic rings. The largest absolute Gasteiger partial charge is 0.490 e. The molecule has 2 bridgehead atoms. The number of nitrogens with one attached hydrogen (secondary N) is 1. The molecule has 0 aromatic heterocycles. The SMILES string of the molecule is CC1(C)C2CCC1(C)C(Oc1ccc(C(=N)N)cc1)C2. The first-order valence-corrected chi connectivity index (χ1v) is 7.46. The molecule has 1 aromatic carbocycles. The number of nitrogens with two attached hydrogens (primary N) is 1. The van der Waals surface area contributed by atoms with E-state index in [4.69, 9.17) is 15.9 Å². The summed E-state index contributed by atoms with van der Waals surface area (Å²) in [7, 11) is 0. The molecule has 3 rings (SSSR count). The minimum absolute atomic E-state index is 0.101. The average Bonchev–Trinajstić information content (AvgIpc) is 2.72. The maximum absolute atomic E-state index is 7.42. The summed E-state index contributed by atoms with van der Waals surface area (Å²) < 4.78 is 6.27. The van der Waals surface area contributed by atoms with Gasteiger partial charge in [0.15, 0.2) is 0 Å². The van der Waals surface area contributed by atoms with E-state index in [2.05, 4.69) is 20.8 Å². The molecule has 0 amide bonds. The molecule has 108 valence electrons. The second-order valence-corrected chi connectivity index (χ2v) is 7.16.